The van der Waals surface area contributed by atoms with Crippen LogP contribution in [0.3, 0.4) is 0 Å². The molecule has 4 aromatic rings. The van der Waals surface area contributed by atoms with Gasteiger partial charge in [-0.3, -0.25) is 14.4 Å². The Morgan fingerprint density at radius 2 is 1.51 bits per heavy atom. The number of hydrogen-bond donors (Lipinski definition) is 1. The quantitative estimate of drug-likeness (QED) is 0.209. The molecule has 0 aliphatic carbocycles. The fourth-order valence-corrected chi connectivity index (χ4v) is 4.25. The summed E-state index contributed by atoms with van der Waals surface area (Å²) in [5.74, 6) is -1.06. The minimum Gasteiger partial charge on any atom is -0.378 e. The van der Waals surface area contributed by atoms with E-state index in [-0.39, 0.29) is 17.4 Å². The molecule has 1 aromatic heterocycles. The van der Waals surface area contributed by atoms with Crippen LogP contribution < -0.4 is 15.1 Å². The molecule has 0 atom stereocenters. The summed E-state index contributed by atoms with van der Waals surface area (Å²) in [6.07, 6.45) is 0. The monoisotopic (exact) mass is 540 g/mol. The lowest BCUT2D eigenvalue weighted by molar-refractivity contribution is 0.0989. The number of amides is 2. The van der Waals surface area contributed by atoms with Gasteiger partial charge in [0.2, 0.25) is 10.0 Å². The van der Waals surface area contributed by atoms with Crippen molar-refractivity contribution in [2.75, 3.05) is 36.5 Å². The topological polar surface area (TPSA) is 140 Å². The molecular weight excluding hydrogens is 518 g/mol. The van der Waals surface area contributed by atoms with Crippen molar-refractivity contribution in [3.8, 4) is 0 Å². The SMILES string of the molecule is O=C(N=[N+]=Nc1ccc(C(=O)c2ccc(NC(=O)c3csnn3)cc2)cc1)c1ccc(N2CCOCC2)cc1. The van der Waals surface area contributed by atoms with Crippen LogP contribution in [0.1, 0.15) is 36.8 Å². The molecule has 0 saturated carbocycles. The van der Waals surface area contributed by atoms with Gasteiger partial charge in [-0.1, -0.05) is 4.49 Å². The molecule has 0 bridgehead atoms. The number of nitrogens with zero attached hydrogens (tertiary/aromatic N) is 6. The number of benzene rings is 3. The van der Waals surface area contributed by atoms with E-state index in [0.29, 0.717) is 41.3 Å². The van der Waals surface area contributed by atoms with Crippen LogP contribution in [0, 0.1) is 0 Å². The highest BCUT2D eigenvalue weighted by Crippen LogP contribution is 2.19. The summed E-state index contributed by atoms with van der Waals surface area (Å²) < 4.78 is 9.03. The third-order valence-electron chi connectivity index (χ3n) is 5.91. The Labute approximate surface area is 227 Å². The zero-order valence-corrected chi connectivity index (χ0v) is 21.4. The van der Waals surface area contributed by atoms with Crippen molar-refractivity contribution in [3.05, 3.63) is 101 Å². The fourth-order valence-electron chi connectivity index (χ4n) is 3.82. The summed E-state index contributed by atoms with van der Waals surface area (Å²) in [6.45, 7) is 3.00. The summed E-state index contributed by atoms with van der Waals surface area (Å²) in [4.78, 5) is 43.1. The van der Waals surface area contributed by atoms with Gasteiger partial charge in [0.25, 0.3) is 5.91 Å². The highest BCUT2D eigenvalue weighted by molar-refractivity contribution is 7.03. The summed E-state index contributed by atoms with van der Waals surface area (Å²) in [7, 11) is 0. The van der Waals surface area contributed by atoms with Gasteiger partial charge in [-0.2, -0.15) is 0 Å². The molecular formula is C27H22N7O4S+. The van der Waals surface area contributed by atoms with Crippen LogP contribution in [0.2, 0.25) is 0 Å². The molecule has 11 nitrogen and oxygen atoms in total. The van der Waals surface area contributed by atoms with Gasteiger partial charge in [-0.25, -0.2) is 0 Å². The summed E-state index contributed by atoms with van der Waals surface area (Å²) >= 11 is 1.09. The van der Waals surface area contributed by atoms with Crippen LogP contribution >= 0.6 is 11.5 Å². The predicted octanol–water partition coefficient (Wildman–Crippen LogP) is 4.30. The number of rotatable bonds is 7. The molecule has 1 fully saturated rings. The van der Waals surface area contributed by atoms with Crippen molar-refractivity contribution in [1.82, 2.24) is 14.5 Å². The first-order valence-corrected chi connectivity index (χ1v) is 12.8. The Hall–Kier alpha value is -4.90. The Morgan fingerprint density at radius 1 is 0.872 bits per heavy atom. The maximum Gasteiger partial charge on any atom is 0.360 e. The van der Waals surface area contributed by atoms with Gasteiger partial charge in [0, 0.05) is 46.5 Å². The third kappa shape index (κ3) is 6.51. The maximum atomic E-state index is 12.8. The molecule has 2 heterocycles. The lowest BCUT2D eigenvalue weighted by Gasteiger charge is -2.28. The van der Waals surface area contributed by atoms with E-state index in [9.17, 15) is 14.4 Å². The van der Waals surface area contributed by atoms with Gasteiger partial charge in [0.1, 0.15) is 0 Å². The van der Waals surface area contributed by atoms with E-state index in [0.717, 1.165) is 30.3 Å². The first-order valence-electron chi connectivity index (χ1n) is 12.0. The van der Waals surface area contributed by atoms with Gasteiger partial charge >= 0.3 is 5.91 Å². The zero-order chi connectivity index (χ0) is 27.0. The smallest absolute Gasteiger partial charge is 0.360 e. The largest absolute Gasteiger partial charge is 0.378 e. The number of hydrogen-bond acceptors (Lipinski definition) is 9. The number of anilines is 2. The van der Waals surface area contributed by atoms with Gasteiger partial charge in [0.05, 0.1) is 13.2 Å². The normalized spacial score (nSPS) is 12.8. The molecule has 12 heteroatoms. The predicted molar refractivity (Wildman–Crippen MR) is 145 cm³/mol. The van der Waals surface area contributed by atoms with Crippen molar-refractivity contribution in [1.29, 1.82) is 0 Å². The lowest BCUT2D eigenvalue weighted by atomic mass is 10.0. The van der Waals surface area contributed by atoms with E-state index >= 15 is 0 Å². The van der Waals surface area contributed by atoms with Gasteiger partial charge < -0.3 is 15.0 Å². The number of morpholine rings is 1. The highest BCUT2D eigenvalue weighted by atomic mass is 32.1. The summed E-state index contributed by atoms with van der Waals surface area (Å²) in [5.41, 5.74) is 3.56. The Morgan fingerprint density at radius 3 is 2.15 bits per heavy atom. The number of carbonyl (C=O) groups excluding carboxylic acids is 3. The van der Waals surface area contributed by atoms with Gasteiger partial charge in [-0.05, 0) is 84.3 Å². The number of ketones is 1. The minimum atomic E-state index is -0.498. The molecule has 1 aliphatic rings. The molecule has 194 valence electrons. The van der Waals surface area contributed by atoms with E-state index in [1.54, 1.807) is 66.0 Å². The molecule has 3 aromatic carbocycles. The van der Waals surface area contributed by atoms with E-state index in [4.69, 9.17) is 4.74 Å². The average molecular weight is 541 g/mol. The van der Waals surface area contributed by atoms with Crippen LogP contribution in [0.4, 0.5) is 17.1 Å². The summed E-state index contributed by atoms with van der Waals surface area (Å²) in [5, 5.41) is 15.6. The van der Waals surface area contributed by atoms with Crippen molar-refractivity contribution < 1.29 is 19.1 Å². The van der Waals surface area contributed by atoms with Crippen LogP contribution in [0.15, 0.2) is 88.4 Å². The lowest BCUT2D eigenvalue weighted by Crippen LogP contribution is -2.36. The molecule has 5 rings (SSSR count). The Kier molecular flexibility index (Phi) is 7.98. The minimum absolute atomic E-state index is 0.194. The van der Waals surface area contributed by atoms with Gasteiger partial charge in [0.15, 0.2) is 22.3 Å². The molecule has 0 spiro atoms. The first kappa shape index (κ1) is 25.7. The zero-order valence-electron chi connectivity index (χ0n) is 20.6. The van der Waals surface area contributed by atoms with Crippen LogP contribution in [0.5, 0.6) is 0 Å². The van der Waals surface area contributed by atoms with Crippen LogP contribution in [0.25, 0.3) is 0 Å². The standard InChI is InChI=1S/C27H21N7O4S/c35-25(18-1-7-21(8-2-18)28-27(37)24-17-39-33-30-24)19-3-9-22(10-4-19)29-32-31-26(36)20-5-11-23(12-6-20)34-13-15-38-16-14-34/h1-12,17H,13-16H2/p+1. The molecule has 2 amide bonds. The van der Waals surface area contributed by atoms with Crippen LogP contribution in [-0.4, -0.2) is 53.5 Å². The first-order chi connectivity index (χ1) is 19.1. The summed E-state index contributed by atoms with van der Waals surface area (Å²) in [6, 6.07) is 20.2. The molecule has 1 saturated heterocycles. The number of ether oxygens (including phenoxy) is 1. The van der Waals surface area contributed by atoms with Crippen molar-refractivity contribution >= 4 is 46.2 Å². The second-order valence-electron chi connectivity index (χ2n) is 8.44. The Bertz CT molecular complexity index is 1520. The molecule has 1 N–H and O–H groups in total. The Balaban J connectivity index is 1.17. The van der Waals surface area contributed by atoms with E-state index in [1.807, 2.05) is 12.1 Å². The highest BCUT2D eigenvalue weighted by Gasteiger charge is 2.15. The maximum absolute atomic E-state index is 12.8. The average Bonchev–Trinajstić information content (AvgIpc) is 3.54. The van der Waals surface area contributed by atoms with E-state index in [2.05, 4.69) is 34.9 Å². The number of nitrogens with one attached hydrogen (secondary N) is 1. The fraction of sp³-hybridized carbons (Fsp3) is 0.148. The third-order valence-corrected chi connectivity index (χ3v) is 6.42. The van der Waals surface area contributed by atoms with Crippen molar-refractivity contribution in [3.63, 3.8) is 0 Å². The number of carbonyl (C=O) groups is 3. The van der Waals surface area contributed by atoms with Crippen molar-refractivity contribution in [2.45, 2.75) is 0 Å². The van der Waals surface area contributed by atoms with E-state index < -0.39 is 5.91 Å². The molecule has 1 aliphatic heterocycles. The molecule has 0 radical (unpaired) electrons. The number of aromatic nitrogens is 2. The molecule has 0 unspecified atom stereocenters. The van der Waals surface area contributed by atoms with Gasteiger partial charge in [-0.15, -0.1) is 5.10 Å². The second-order valence-corrected chi connectivity index (χ2v) is 9.05. The van der Waals surface area contributed by atoms with Crippen LogP contribution in [-0.2, 0) is 4.74 Å². The van der Waals surface area contributed by atoms with Crippen molar-refractivity contribution in [2.24, 2.45) is 10.2 Å². The van der Waals surface area contributed by atoms with E-state index in [1.165, 1.54) is 0 Å². The second kappa shape index (κ2) is 12.1. The molecule has 39 heavy (non-hydrogen) atoms.